The highest BCUT2D eigenvalue weighted by molar-refractivity contribution is 6.33. The summed E-state index contributed by atoms with van der Waals surface area (Å²) in [5.41, 5.74) is 4.05. The molecule has 0 radical (unpaired) electrons. The molecule has 1 aromatic carbocycles. The number of aryl methyl sites for hydroxylation is 2. The fourth-order valence-electron chi connectivity index (χ4n) is 4.16. The molecule has 8 nitrogen and oxygen atoms in total. The minimum Gasteiger partial charge on any atom is -0.494 e. The average Bonchev–Trinajstić information content (AvgIpc) is 3.38. The van der Waals surface area contributed by atoms with Crippen molar-refractivity contribution in [2.24, 2.45) is 0 Å². The summed E-state index contributed by atoms with van der Waals surface area (Å²) in [4.78, 5) is 9.83. The summed E-state index contributed by atoms with van der Waals surface area (Å²) in [6, 6.07) is 5.76. The van der Waals surface area contributed by atoms with Crippen molar-refractivity contribution in [3.63, 3.8) is 0 Å². The Kier molecular flexibility index (Phi) is 7.70. The molecule has 3 aromatic rings. The summed E-state index contributed by atoms with van der Waals surface area (Å²) in [6.07, 6.45) is 2.03. The van der Waals surface area contributed by atoms with Crippen molar-refractivity contribution in [1.29, 1.82) is 0 Å². The molecule has 4 rings (SSSR count). The second kappa shape index (κ2) is 10.7. The molecule has 2 N–H and O–H groups in total. The summed E-state index contributed by atoms with van der Waals surface area (Å²) in [5.74, 6) is 2.70. The minimum absolute atomic E-state index is 0.172. The summed E-state index contributed by atoms with van der Waals surface area (Å²) in [6.45, 7) is 10.0. The van der Waals surface area contributed by atoms with E-state index in [0.29, 0.717) is 35.4 Å². The number of hydrogen-bond donors (Lipinski definition) is 2. The molecule has 0 spiro atoms. The van der Waals surface area contributed by atoms with Crippen LogP contribution in [0.2, 0.25) is 5.02 Å². The molecule has 1 fully saturated rings. The SMILES string of the molecule is CNCCCOc1ccc(Cl)c(-c2nc(NC3CO[C@@H](C)C3)c(C)c(-c3c(C)noc3C)n2)c1. The van der Waals surface area contributed by atoms with Gasteiger partial charge in [-0.2, -0.15) is 0 Å². The minimum atomic E-state index is 0.172. The van der Waals surface area contributed by atoms with E-state index in [1.807, 2.05) is 46.0 Å². The quantitative estimate of drug-likeness (QED) is 0.411. The van der Waals surface area contributed by atoms with Crippen molar-refractivity contribution in [3.8, 4) is 28.4 Å². The fraction of sp³-hybridized carbons (Fsp3) is 0.480. The van der Waals surface area contributed by atoms with Crippen LogP contribution in [0.4, 0.5) is 5.82 Å². The van der Waals surface area contributed by atoms with Crippen LogP contribution in [0.3, 0.4) is 0 Å². The van der Waals surface area contributed by atoms with Gasteiger partial charge in [0.2, 0.25) is 0 Å². The highest BCUT2D eigenvalue weighted by atomic mass is 35.5. The molecule has 0 aliphatic carbocycles. The topological polar surface area (TPSA) is 94.3 Å². The lowest BCUT2D eigenvalue weighted by atomic mass is 10.0. The normalized spacial score (nSPS) is 17.8. The van der Waals surface area contributed by atoms with Crippen LogP contribution in [0, 0.1) is 20.8 Å². The first kappa shape index (κ1) is 24.4. The molecule has 0 amide bonds. The molecule has 1 saturated heterocycles. The third-order valence-electron chi connectivity index (χ3n) is 5.97. The highest BCUT2D eigenvalue weighted by Crippen LogP contribution is 2.36. The van der Waals surface area contributed by atoms with Crippen LogP contribution in [-0.4, -0.2) is 54.1 Å². The smallest absolute Gasteiger partial charge is 0.163 e. The van der Waals surface area contributed by atoms with Crippen LogP contribution in [0.25, 0.3) is 22.6 Å². The van der Waals surface area contributed by atoms with Crippen LogP contribution in [0.15, 0.2) is 22.7 Å². The Morgan fingerprint density at radius 3 is 2.71 bits per heavy atom. The van der Waals surface area contributed by atoms with Crippen LogP contribution < -0.4 is 15.4 Å². The number of rotatable bonds is 9. The Morgan fingerprint density at radius 1 is 1.21 bits per heavy atom. The third-order valence-corrected chi connectivity index (χ3v) is 6.30. The van der Waals surface area contributed by atoms with Gasteiger partial charge in [0.25, 0.3) is 0 Å². The number of nitrogens with one attached hydrogen (secondary N) is 2. The number of aromatic nitrogens is 3. The van der Waals surface area contributed by atoms with E-state index in [2.05, 4.69) is 22.7 Å². The van der Waals surface area contributed by atoms with Crippen molar-refractivity contribution in [2.75, 3.05) is 32.1 Å². The zero-order chi connectivity index (χ0) is 24.2. The lowest BCUT2D eigenvalue weighted by Crippen LogP contribution is -2.21. The predicted molar refractivity (Wildman–Crippen MR) is 134 cm³/mol. The molecule has 1 unspecified atom stereocenters. The van der Waals surface area contributed by atoms with Gasteiger partial charge in [-0.1, -0.05) is 16.8 Å². The van der Waals surface area contributed by atoms with E-state index in [-0.39, 0.29) is 12.1 Å². The number of hydrogen-bond acceptors (Lipinski definition) is 8. The van der Waals surface area contributed by atoms with Crippen LogP contribution in [-0.2, 0) is 4.74 Å². The molecule has 3 heterocycles. The first-order valence-electron chi connectivity index (χ1n) is 11.6. The summed E-state index contributed by atoms with van der Waals surface area (Å²) in [7, 11) is 1.93. The number of ether oxygens (including phenoxy) is 2. The van der Waals surface area contributed by atoms with E-state index in [1.165, 1.54) is 0 Å². The molecule has 2 atom stereocenters. The summed E-state index contributed by atoms with van der Waals surface area (Å²) in [5, 5.41) is 11.4. The van der Waals surface area contributed by atoms with E-state index in [4.69, 9.17) is 35.6 Å². The van der Waals surface area contributed by atoms with Gasteiger partial charge in [0.15, 0.2) is 5.82 Å². The standard InChI is InChI=1S/C25H32ClN5O3/c1-14-11-18(13-33-14)28-24-15(2)23(22-16(3)31-34-17(22)4)29-25(30-24)20-12-19(7-8-21(20)26)32-10-6-9-27-5/h7-8,12,14,18,27H,6,9-11,13H2,1-5H3,(H,28,29,30)/t14-,18?/m0/s1. The van der Waals surface area contributed by atoms with Gasteiger partial charge in [0, 0.05) is 11.1 Å². The molecule has 0 saturated carbocycles. The summed E-state index contributed by atoms with van der Waals surface area (Å²) >= 11 is 6.62. The van der Waals surface area contributed by atoms with Crippen LogP contribution in [0.1, 0.15) is 36.8 Å². The lowest BCUT2D eigenvalue weighted by molar-refractivity contribution is 0.124. The zero-order valence-electron chi connectivity index (χ0n) is 20.4. The molecular formula is C25H32ClN5O3. The second-order valence-electron chi connectivity index (χ2n) is 8.74. The largest absolute Gasteiger partial charge is 0.494 e. The van der Waals surface area contributed by atoms with Crippen molar-refractivity contribution >= 4 is 17.4 Å². The Hall–Kier alpha value is -2.68. The van der Waals surface area contributed by atoms with Crippen molar-refractivity contribution < 1.29 is 14.0 Å². The molecule has 0 bridgehead atoms. The van der Waals surface area contributed by atoms with Crippen LogP contribution >= 0.6 is 11.6 Å². The Morgan fingerprint density at radius 2 is 2.03 bits per heavy atom. The van der Waals surface area contributed by atoms with E-state index >= 15 is 0 Å². The third kappa shape index (κ3) is 5.35. The maximum Gasteiger partial charge on any atom is 0.163 e. The van der Waals surface area contributed by atoms with Gasteiger partial charge in [0.1, 0.15) is 17.3 Å². The Bertz CT molecular complexity index is 1130. The van der Waals surface area contributed by atoms with Gasteiger partial charge < -0.3 is 24.6 Å². The average molecular weight is 486 g/mol. The van der Waals surface area contributed by atoms with Gasteiger partial charge in [-0.25, -0.2) is 9.97 Å². The molecule has 1 aliphatic rings. The van der Waals surface area contributed by atoms with Crippen LogP contribution in [0.5, 0.6) is 5.75 Å². The molecule has 182 valence electrons. The monoisotopic (exact) mass is 485 g/mol. The molecule has 1 aliphatic heterocycles. The Labute approximate surface area is 205 Å². The molecular weight excluding hydrogens is 454 g/mol. The van der Waals surface area contributed by atoms with Gasteiger partial charge in [0.05, 0.1) is 47.3 Å². The number of anilines is 1. The fourth-order valence-corrected chi connectivity index (χ4v) is 4.36. The van der Waals surface area contributed by atoms with Gasteiger partial charge in [-0.3, -0.25) is 0 Å². The number of benzene rings is 1. The lowest BCUT2D eigenvalue weighted by Gasteiger charge is -2.18. The van der Waals surface area contributed by atoms with E-state index in [1.54, 1.807) is 0 Å². The molecule has 34 heavy (non-hydrogen) atoms. The molecule has 9 heteroatoms. The predicted octanol–water partition coefficient (Wildman–Crippen LogP) is 4.95. The van der Waals surface area contributed by atoms with Crippen molar-refractivity contribution in [3.05, 3.63) is 40.2 Å². The van der Waals surface area contributed by atoms with E-state index in [9.17, 15) is 0 Å². The molecule has 2 aromatic heterocycles. The zero-order valence-corrected chi connectivity index (χ0v) is 21.1. The second-order valence-corrected chi connectivity index (χ2v) is 9.14. The summed E-state index contributed by atoms with van der Waals surface area (Å²) < 4.78 is 17.1. The van der Waals surface area contributed by atoms with E-state index < -0.39 is 0 Å². The van der Waals surface area contributed by atoms with E-state index in [0.717, 1.165) is 53.5 Å². The maximum atomic E-state index is 6.62. The first-order valence-corrected chi connectivity index (χ1v) is 12.0. The highest BCUT2D eigenvalue weighted by Gasteiger charge is 2.26. The van der Waals surface area contributed by atoms with Gasteiger partial charge in [-0.05, 0) is 72.3 Å². The Balaban J connectivity index is 1.76. The van der Waals surface area contributed by atoms with Crippen molar-refractivity contribution in [2.45, 2.75) is 52.7 Å². The van der Waals surface area contributed by atoms with Gasteiger partial charge in [-0.15, -0.1) is 0 Å². The number of nitrogens with zero attached hydrogens (tertiary/aromatic N) is 3. The van der Waals surface area contributed by atoms with Crippen molar-refractivity contribution in [1.82, 2.24) is 20.4 Å². The maximum absolute atomic E-state index is 6.62. The van der Waals surface area contributed by atoms with Gasteiger partial charge >= 0.3 is 0 Å². The number of halogens is 1. The first-order chi connectivity index (χ1) is 16.4.